The summed E-state index contributed by atoms with van der Waals surface area (Å²) in [6.07, 6.45) is 5.08. The molecule has 1 fully saturated rings. The van der Waals surface area contributed by atoms with Gasteiger partial charge in [0.25, 0.3) is 5.91 Å². The Morgan fingerprint density at radius 1 is 1.08 bits per heavy atom. The molecular weight excluding hydrogens is 508 g/mol. The number of para-hydroxylation sites is 1. The van der Waals surface area contributed by atoms with Gasteiger partial charge in [0.05, 0.1) is 17.8 Å². The molecular formula is C30H34N6O2S. The second kappa shape index (κ2) is 10.8. The van der Waals surface area contributed by atoms with Crippen LogP contribution in [-0.4, -0.2) is 54.1 Å². The van der Waals surface area contributed by atoms with E-state index in [0.29, 0.717) is 29.3 Å². The topological polar surface area (TPSA) is 92.3 Å². The number of hydrogen-bond acceptors (Lipinski definition) is 8. The van der Waals surface area contributed by atoms with Crippen LogP contribution in [0.4, 0.5) is 11.8 Å². The largest absolute Gasteiger partial charge is 0.493 e. The van der Waals surface area contributed by atoms with Crippen molar-refractivity contribution in [2.24, 2.45) is 5.92 Å². The molecule has 8 nitrogen and oxygen atoms in total. The van der Waals surface area contributed by atoms with Gasteiger partial charge in [-0.05, 0) is 74.4 Å². The zero-order valence-corrected chi connectivity index (χ0v) is 23.5. The number of thiazole rings is 1. The minimum absolute atomic E-state index is 0.0261. The van der Waals surface area contributed by atoms with Crippen molar-refractivity contribution in [2.75, 3.05) is 37.5 Å². The van der Waals surface area contributed by atoms with Crippen LogP contribution in [0.5, 0.6) is 5.75 Å². The molecule has 0 bridgehead atoms. The first kappa shape index (κ1) is 25.6. The summed E-state index contributed by atoms with van der Waals surface area (Å²) in [5.74, 6) is 3.00. The SMILES string of the molecule is Cc1nc(-c2ccc3c(c2)CCO3)sc1C(=O)NCC1CCC(Nc2nc(N(C)C)c3ccccc3n2)CC1. The molecule has 2 aromatic heterocycles. The van der Waals surface area contributed by atoms with E-state index in [1.165, 1.54) is 16.9 Å². The highest BCUT2D eigenvalue weighted by Crippen LogP contribution is 2.34. The summed E-state index contributed by atoms with van der Waals surface area (Å²) >= 11 is 1.47. The molecule has 1 aliphatic heterocycles. The lowest BCUT2D eigenvalue weighted by Gasteiger charge is -2.29. The van der Waals surface area contributed by atoms with Crippen LogP contribution < -0.4 is 20.3 Å². The van der Waals surface area contributed by atoms with Crippen LogP contribution in [0.25, 0.3) is 21.5 Å². The molecule has 3 heterocycles. The Morgan fingerprint density at radius 3 is 2.72 bits per heavy atom. The predicted octanol–water partition coefficient (Wildman–Crippen LogP) is 5.46. The summed E-state index contributed by atoms with van der Waals surface area (Å²) in [6, 6.07) is 14.6. The number of amides is 1. The van der Waals surface area contributed by atoms with E-state index in [4.69, 9.17) is 19.7 Å². The summed E-state index contributed by atoms with van der Waals surface area (Å²) in [7, 11) is 4.02. The van der Waals surface area contributed by atoms with Crippen molar-refractivity contribution >= 4 is 39.9 Å². The lowest BCUT2D eigenvalue weighted by Crippen LogP contribution is -2.34. The van der Waals surface area contributed by atoms with Crippen molar-refractivity contribution < 1.29 is 9.53 Å². The zero-order valence-electron chi connectivity index (χ0n) is 22.7. The second-order valence-electron chi connectivity index (χ2n) is 10.7. The summed E-state index contributed by atoms with van der Waals surface area (Å²) in [5, 5.41) is 8.69. The highest BCUT2D eigenvalue weighted by atomic mass is 32.1. The van der Waals surface area contributed by atoms with Gasteiger partial charge in [0, 0.05) is 44.1 Å². The van der Waals surface area contributed by atoms with Crippen molar-refractivity contribution in [3.63, 3.8) is 0 Å². The third kappa shape index (κ3) is 5.41. The van der Waals surface area contributed by atoms with Crippen molar-refractivity contribution in [3.8, 4) is 16.3 Å². The average Bonchev–Trinajstić information content (AvgIpc) is 3.58. The number of hydrogen-bond donors (Lipinski definition) is 2. The summed E-state index contributed by atoms with van der Waals surface area (Å²) in [5.41, 5.74) is 3.98. The average molecular weight is 543 g/mol. The Balaban J connectivity index is 1.03. The van der Waals surface area contributed by atoms with Crippen LogP contribution in [0.3, 0.4) is 0 Å². The molecule has 39 heavy (non-hydrogen) atoms. The maximum Gasteiger partial charge on any atom is 0.263 e. The number of carbonyl (C=O) groups excluding carboxylic acids is 1. The molecule has 0 spiro atoms. The van der Waals surface area contributed by atoms with Gasteiger partial charge in [-0.15, -0.1) is 11.3 Å². The predicted molar refractivity (Wildman–Crippen MR) is 157 cm³/mol. The normalized spacial score (nSPS) is 18.4. The minimum Gasteiger partial charge on any atom is -0.493 e. The van der Waals surface area contributed by atoms with Crippen molar-refractivity contribution in [1.82, 2.24) is 20.3 Å². The van der Waals surface area contributed by atoms with Crippen LogP contribution in [-0.2, 0) is 6.42 Å². The third-order valence-corrected chi connectivity index (χ3v) is 8.88. The maximum absolute atomic E-state index is 13.0. The summed E-state index contributed by atoms with van der Waals surface area (Å²) in [4.78, 5) is 30.0. The number of nitrogens with zero attached hydrogens (tertiary/aromatic N) is 4. The highest BCUT2D eigenvalue weighted by Gasteiger charge is 2.24. The molecule has 0 saturated heterocycles. The zero-order chi connectivity index (χ0) is 26.9. The quantitative estimate of drug-likeness (QED) is 0.320. The molecule has 1 amide bonds. The number of aryl methyl sites for hydroxylation is 1. The number of carbonyl (C=O) groups is 1. The smallest absolute Gasteiger partial charge is 0.263 e. The summed E-state index contributed by atoms with van der Waals surface area (Å²) in [6.45, 7) is 3.33. The fourth-order valence-corrected chi connectivity index (χ4v) is 6.51. The molecule has 202 valence electrons. The van der Waals surface area contributed by atoms with E-state index in [-0.39, 0.29) is 5.91 Å². The van der Waals surface area contributed by atoms with Gasteiger partial charge in [-0.25, -0.2) is 9.97 Å². The number of aromatic nitrogens is 3. The molecule has 6 rings (SSSR count). The van der Waals surface area contributed by atoms with E-state index in [9.17, 15) is 4.79 Å². The Morgan fingerprint density at radius 2 is 1.90 bits per heavy atom. The van der Waals surface area contributed by atoms with E-state index in [1.807, 2.05) is 56.3 Å². The number of fused-ring (bicyclic) bond motifs is 2. The lowest BCUT2D eigenvalue weighted by molar-refractivity contribution is 0.0946. The van der Waals surface area contributed by atoms with Gasteiger partial charge in [-0.3, -0.25) is 4.79 Å². The molecule has 1 saturated carbocycles. The molecule has 0 atom stereocenters. The molecule has 2 N–H and O–H groups in total. The van der Waals surface area contributed by atoms with Crippen LogP contribution in [0.1, 0.15) is 46.6 Å². The van der Waals surface area contributed by atoms with E-state index in [0.717, 1.165) is 77.4 Å². The Kier molecular flexibility index (Phi) is 7.08. The number of ether oxygens (including phenoxy) is 1. The number of nitrogens with one attached hydrogen (secondary N) is 2. The second-order valence-corrected chi connectivity index (χ2v) is 11.7. The number of benzene rings is 2. The molecule has 4 aromatic rings. The van der Waals surface area contributed by atoms with Gasteiger partial charge in [0.2, 0.25) is 5.95 Å². The first-order valence-electron chi connectivity index (χ1n) is 13.7. The molecule has 1 aliphatic carbocycles. The van der Waals surface area contributed by atoms with Crippen molar-refractivity contribution in [1.29, 1.82) is 0 Å². The van der Waals surface area contributed by atoms with E-state index < -0.39 is 0 Å². The van der Waals surface area contributed by atoms with Crippen molar-refractivity contribution in [3.05, 3.63) is 58.6 Å². The highest BCUT2D eigenvalue weighted by molar-refractivity contribution is 7.17. The van der Waals surface area contributed by atoms with Crippen LogP contribution in [0.2, 0.25) is 0 Å². The first-order valence-corrected chi connectivity index (χ1v) is 14.5. The minimum atomic E-state index is -0.0261. The van der Waals surface area contributed by atoms with Gasteiger partial charge in [-0.1, -0.05) is 12.1 Å². The standard InChI is InChI=1S/C30H34N6O2S/c1-18-26(39-29(32-18)21-10-13-25-20(16-21)14-15-38-25)28(37)31-17-19-8-11-22(12-9-19)33-30-34-24-7-5-4-6-23(24)27(35-30)36(2)3/h4-7,10,13,16,19,22H,8-9,11-12,14-15,17H2,1-3H3,(H,31,37)(H,33,34,35). The lowest BCUT2D eigenvalue weighted by atomic mass is 9.86. The molecule has 9 heteroatoms. The van der Waals surface area contributed by atoms with Gasteiger partial charge in [0.15, 0.2) is 0 Å². The molecule has 2 aromatic carbocycles. The van der Waals surface area contributed by atoms with Crippen LogP contribution >= 0.6 is 11.3 Å². The Labute approximate surface area is 232 Å². The fourth-order valence-electron chi connectivity index (χ4n) is 5.53. The number of anilines is 2. The van der Waals surface area contributed by atoms with E-state index in [1.54, 1.807) is 0 Å². The molecule has 0 radical (unpaired) electrons. The van der Waals surface area contributed by atoms with Gasteiger partial charge in [-0.2, -0.15) is 4.98 Å². The summed E-state index contributed by atoms with van der Waals surface area (Å²) < 4.78 is 5.62. The van der Waals surface area contributed by atoms with Gasteiger partial charge >= 0.3 is 0 Å². The Hall–Kier alpha value is -3.72. The monoisotopic (exact) mass is 542 g/mol. The fraction of sp³-hybridized carbons (Fsp3) is 0.400. The van der Waals surface area contributed by atoms with Crippen molar-refractivity contribution in [2.45, 2.75) is 45.1 Å². The van der Waals surface area contributed by atoms with E-state index >= 15 is 0 Å². The molecule has 2 aliphatic rings. The van der Waals surface area contributed by atoms with Gasteiger partial charge < -0.3 is 20.3 Å². The first-order chi connectivity index (χ1) is 18.9. The Bertz CT molecular complexity index is 1510. The third-order valence-electron chi connectivity index (χ3n) is 7.68. The van der Waals surface area contributed by atoms with Crippen LogP contribution in [0, 0.1) is 12.8 Å². The molecule has 0 unspecified atom stereocenters. The maximum atomic E-state index is 13.0. The number of rotatable bonds is 7. The van der Waals surface area contributed by atoms with E-state index in [2.05, 4.69) is 22.8 Å². The van der Waals surface area contributed by atoms with Crippen LogP contribution in [0.15, 0.2) is 42.5 Å². The van der Waals surface area contributed by atoms with Gasteiger partial charge in [0.1, 0.15) is 21.5 Å².